The SMILES string of the molecule is CS(=O)(=O)NCCCc1ccc(N2C(=O)[C@H](CC[C@H](O)c3ccc(F)cc3)[C@H]2c2ccc(CCCCC(C(=O)O)C(=O)O)cc2)cc1. The molecule has 0 spiro atoms. The van der Waals surface area contributed by atoms with Gasteiger partial charge in [-0.25, -0.2) is 17.5 Å². The Hall–Kier alpha value is -4.13. The molecule has 0 aliphatic carbocycles. The average Bonchev–Trinajstić information content (AvgIpc) is 3.02. The molecule has 3 aromatic carbocycles. The number of anilines is 1. The minimum Gasteiger partial charge on any atom is -0.481 e. The molecule has 0 bridgehead atoms. The Labute approximate surface area is 274 Å². The number of unbranched alkanes of at least 4 members (excludes halogenated alkanes) is 1. The molecule has 1 heterocycles. The Kier molecular flexibility index (Phi) is 12.3. The molecular formula is C35H41FN2O8S. The van der Waals surface area contributed by atoms with Gasteiger partial charge in [0.25, 0.3) is 0 Å². The zero-order valence-electron chi connectivity index (χ0n) is 26.2. The second kappa shape index (κ2) is 16.1. The number of benzene rings is 3. The highest BCUT2D eigenvalue weighted by Gasteiger charge is 2.48. The Morgan fingerprint density at radius 2 is 1.43 bits per heavy atom. The predicted molar refractivity (Wildman–Crippen MR) is 175 cm³/mol. The van der Waals surface area contributed by atoms with Crippen molar-refractivity contribution < 1.29 is 42.5 Å². The summed E-state index contributed by atoms with van der Waals surface area (Å²) in [7, 11) is -3.25. The molecule has 1 aliphatic rings. The van der Waals surface area contributed by atoms with Gasteiger partial charge in [0.05, 0.1) is 24.3 Å². The van der Waals surface area contributed by atoms with Gasteiger partial charge in [-0.05, 0) is 91.5 Å². The first-order valence-electron chi connectivity index (χ1n) is 15.7. The van der Waals surface area contributed by atoms with Crippen molar-refractivity contribution in [3.05, 3.63) is 101 Å². The molecular weight excluding hydrogens is 627 g/mol. The Morgan fingerprint density at radius 1 is 0.851 bits per heavy atom. The molecule has 0 aromatic heterocycles. The van der Waals surface area contributed by atoms with Crippen molar-refractivity contribution in [1.82, 2.24) is 4.72 Å². The molecule has 1 aliphatic heterocycles. The van der Waals surface area contributed by atoms with Crippen molar-refractivity contribution in [2.45, 2.75) is 63.5 Å². The highest BCUT2D eigenvalue weighted by atomic mass is 32.2. The first-order valence-corrected chi connectivity index (χ1v) is 17.6. The number of amides is 1. The Balaban J connectivity index is 1.44. The van der Waals surface area contributed by atoms with E-state index in [1.807, 2.05) is 48.5 Å². The molecule has 3 aromatic rings. The van der Waals surface area contributed by atoms with Crippen LogP contribution in [0.3, 0.4) is 0 Å². The largest absolute Gasteiger partial charge is 0.481 e. The third-order valence-corrected chi connectivity index (χ3v) is 9.29. The number of aliphatic hydroxyl groups excluding tert-OH is 1. The van der Waals surface area contributed by atoms with Gasteiger partial charge in [-0.3, -0.25) is 14.4 Å². The molecule has 47 heavy (non-hydrogen) atoms. The lowest BCUT2D eigenvalue weighted by Gasteiger charge is -2.48. The number of β-lactam (4-membered cyclic amide) rings is 1. The maximum absolute atomic E-state index is 13.6. The van der Waals surface area contributed by atoms with Gasteiger partial charge >= 0.3 is 11.9 Å². The third kappa shape index (κ3) is 9.93. The number of hydrogen-bond acceptors (Lipinski definition) is 6. The molecule has 1 fully saturated rings. The van der Waals surface area contributed by atoms with Gasteiger partial charge in [-0.1, -0.05) is 55.0 Å². The van der Waals surface area contributed by atoms with Gasteiger partial charge in [0.1, 0.15) is 5.82 Å². The van der Waals surface area contributed by atoms with E-state index >= 15 is 0 Å². The van der Waals surface area contributed by atoms with Crippen molar-refractivity contribution in [2.75, 3.05) is 17.7 Å². The molecule has 4 rings (SSSR count). The summed E-state index contributed by atoms with van der Waals surface area (Å²) in [4.78, 5) is 37.6. The van der Waals surface area contributed by atoms with E-state index in [0.29, 0.717) is 57.1 Å². The summed E-state index contributed by atoms with van der Waals surface area (Å²) < 4.78 is 38.5. The van der Waals surface area contributed by atoms with Gasteiger partial charge in [-0.15, -0.1) is 0 Å². The monoisotopic (exact) mass is 668 g/mol. The average molecular weight is 669 g/mol. The van der Waals surface area contributed by atoms with Crippen LogP contribution in [0.15, 0.2) is 72.8 Å². The molecule has 0 saturated carbocycles. The highest BCUT2D eigenvalue weighted by Crippen LogP contribution is 2.46. The molecule has 1 amide bonds. The van der Waals surface area contributed by atoms with Crippen LogP contribution in [0.5, 0.6) is 0 Å². The van der Waals surface area contributed by atoms with Crippen molar-refractivity contribution in [1.29, 1.82) is 0 Å². The van der Waals surface area contributed by atoms with Gasteiger partial charge in [0, 0.05) is 12.2 Å². The van der Waals surface area contributed by atoms with E-state index in [1.165, 1.54) is 24.3 Å². The summed E-state index contributed by atoms with van der Waals surface area (Å²) in [6.45, 7) is 0.333. The number of aliphatic carboxylic acids is 2. The van der Waals surface area contributed by atoms with Crippen LogP contribution in [-0.4, -0.2) is 54.4 Å². The number of carbonyl (C=O) groups excluding carboxylic acids is 1. The number of carboxylic acids is 2. The molecule has 252 valence electrons. The summed E-state index contributed by atoms with van der Waals surface area (Å²) in [6, 6.07) is 20.8. The number of carboxylic acid groups (broad SMARTS) is 2. The molecule has 12 heteroatoms. The van der Waals surface area contributed by atoms with Crippen LogP contribution in [0.1, 0.15) is 72.9 Å². The standard InChI is InChI=1S/C35H41FN2O8S/c1-47(45,46)37-22-4-6-24-10-18-28(19-11-24)38-32(29(33(38)40)20-21-31(39)25-14-16-27(36)17-15-25)26-12-8-23(9-13-26)5-2-3-7-30(34(41)42)35(43)44/h8-19,29-32,37,39H,2-7,20-22H2,1H3,(H,41,42)(H,43,44)/t29-,31+,32-/m1/s1. The number of halogens is 1. The number of rotatable bonds is 18. The fourth-order valence-corrected chi connectivity index (χ4v) is 6.49. The fraction of sp³-hybridized carbons (Fsp3) is 0.400. The van der Waals surface area contributed by atoms with Crippen LogP contribution in [0.2, 0.25) is 0 Å². The van der Waals surface area contributed by atoms with E-state index in [4.69, 9.17) is 10.2 Å². The molecule has 10 nitrogen and oxygen atoms in total. The lowest BCUT2D eigenvalue weighted by atomic mass is 9.78. The molecule has 0 unspecified atom stereocenters. The molecule has 1 saturated heterocycles. The van der Waals surface area contributed by atoms with Crippen LogP contribution < -0.4 is 9.62 Å². The summed E-state index contributed by atoms with van der Waals surface area (Å²) in [5.41, 5.74) is 4.24. The van der Waals surface area contributed by atoms with Crippen LogP contribution >= 0.6 is 0 Å². The Morgan fingerprint density at radius 3 is 2.00 bits per heavy atom. The van der Waals surface area contributed by atoms with Crippen molar-refractivity contribution >= 4 is 33.6 Å². The number of hydrogen-bond donors (Lipinski definition) is 4. The normalized spacial score (nSPS) is 17.0. The van der Waals surface area contributed by atoms with E-state index in [2.05, 4.69) is 4.72 Å². The number of carbonyl (C=O) groups is 3. The van der Waals surface area contributed by atoms with E-state index in [1.54, 1.807) is 4.90 Å². The quantitative estimate of drug-likeness (QED) is 0.0835. The zero-order chi connectivity index (χ0) is 34.1. The molecule has 0 radical (unpaired) electrons. The molecule has 4 N–H and O–H groups in total. The van der Waals surface area contributed by atoms with E-state index in [-0.39, 0.29) is 24.3 Å². The topological polar surface area (TPSA) is 161 Å². The molecule has 3 atom stereocenters. The Bertz CT molecular complexity index is 1620. The van der Waals surface area contributed by atoms with Crippen molar-refractivity contribution in [3.63, 3.8) is 0 Å². The number of nitrogens with zero attached hydrogens (tertiary/aromatic N) is 1. The summed E-state index contributed by atoms with van der Waals surface area (Å²) in [5.74, 6) is -4.93. The number of aryl methyl sites for hydroxylation is 2. The second-order valence-electron chi connectivity index (χ2n) is 12.1. The summed E-state index contributed by atoms with van der Waals surface area (Å²) in [5, 5.41) is 28.9. The van der Waals surface area contributed by atoms with Gasteiger partial charge in [0.15, 0.2) is 5.92 Å². The smallest absolute Gasteiger partial charge is 0.317 e. The lowest BCUT2D eigenvalue weighted by molar-refractivity contribution is -0.154. The van der Waals surface area contributed by atoms with Crippen LogP contribution in [-0.2, 0) is 37.2 Å². The lowest BCUT2D eigenvalue weighted by Crippen LogP contribution is -2.55. The first kappa shape index (κ1) is 35.7. The minimum atomic E-state index is -3.25. The first-order chi connectivity index (χ1) is 22.3. The summed E-state index contributed by atoms with van der Waals surface area (Å²) >= 11 is 0. The van der Waals surface area contributed by atoms with Crippen LogP contribution in [0.4, 0.5) is 10.1 Å². The fourth-order valence-electron chi connectivity index (χ4n) is 5.97. The summed E-state index contributed by atoms with van der Waals surface area (Å²) in [6.07, 6.45) is 4.09. The van der Waals surface area contributed by atoms with E-state index in [0.717, 1.165) is 28.6 Å². The van der Waals surface area contributed by atoms with Crippen molar-refractivity contribution in [3.8, 4) is 0 Å². The minimum absolute atomic E-state index is 0.0592. The van der Waals surface area contributed by atoms with E-state index in [9.17, 15) is 32.3 Å². The highest BCUT2D eigenvalue weighted by molar-refractivity contribution is 7.88. The third-order valence-electron chi connectivity index (χ3n) is 8.57. The predicted octanol–water partition coefficient (Wildman–Crippen LogP) is 5.02. The van der Waals surface area contributed by atoms with Crippen LogP contribution in [0.25, 0.3) is 0 Å². The van der Waals surface area contributed by atoms with Gasteiger partial charge < -0.3 is 20.2 Å². The number of nitrogens with one attached hydrogen (secondary N) is 1. The number of aliphatic hydroxyl groups is 1. The maximum atomic E-state index is 13.6. The maximum Gasteiger partial charge on any atom is 0.317 e. The van der Waals surface area contributed by atoms with E-state index < -0.39 is 39.8 Å². The number of sulfonamides is 1. The second-order valence-corrected chi connectivity index (χ2v) is 13.9. The van der Waals surface area contributed by atoms with Crippen molar-refractivity contribution in [2.24, 2.45) is 11.8 Å². The van der Waals surface area contributed by atoms with Gasteiger partial charge in [0.2, 0.25) is 15.9 Å². The van der Waals surface area contributed by atoms with Gasteiger partial charge in [-0.2, -0.15) is 0 Å². The van der Waals surface area contributed by atoms with Crippen LogP contribution in [0, 0.1) is 17.7 Å². The zero-order valence-corrected chi connectivity index (χ0v) is 27.0.